The Balaban J connectivity index is 2.24. The van der Waals surface area contributed by atoms with Gasteiger partial charge in [0.1, 0.15) is 18.3 Å². The van der Waals surface area contributed by atoms with Crippen LogP contribution in [0.15, 0.2) is 38.9 Å². The number of benzene rings is 1. The maximum Gasteiger partial charge on any atom is 0.313 e. The smallest absolute Gasteiger partial charge is 0.313 e. The molecule has 0 bridgehead atoms. The molecule has 0 amide bonds. The average molecular weight is 410 g/mol. The molecule has 2 aliphatic rings. The Kier molecular flexibility index (Phi) is 4.88. The first-order valence-corrected chi connectivity index (χ1v) is 8.70. The summed E-state index contributed by atoms with van der Waals surface area (Å²) in [5.74, 6) is -3.57. The number of carbonyl (C=O) groups excluding carboxylic acids is 1. The number of aliphatic imine (C=N–C) groups is 1. The number of rotatable bonds is 3. The van der Waals surface area contributed by atoms with Gasteiger partial charge in [-0.15, -0.1) is 0 Å². The Bertz CT molecular complexity index is 815. The van der Waals surface area contributed by atoms with Gasteiger partial charge in [0.25, 0.3) is 0 Å². The molecule has 3 rings (SSSR count). The normalized spacial score (nSPS) is 23.6. The summed E-state index contributed by atoms with van der Waals surface area (Å²) < 4.78 is 19.1. The van der Waals surface area contributed by atoms with E-state index in [1.165, 1.54) is 18.2 Å². The number of ether oxygens (including phenoxy) is 1. The quantitative estimate of drug-likeness (QED) is 0.830. The molecule has 5 nitrogen and oxygen atoms in total. The Labute approximate surface area is 152 Å². The van der Waals surface area contributed by atoms with E-state index >= 15 is 0 Å². The van der Waals surface area contributed by atoms with Crippen molar-refractivity contribution >= 4 is 33.4 Å². The molecule has 2 heterocycles. The number of carboxylic acids is 1. The standard InChI is InChI=1S/C18H17BrFNO4/c1-8(2)17-16(18(23)24)14(9-3-4-11(20)10(19)5-9)15-12(21-17)6-25-7-13(15)22/h3-5,8,14,16H,6-7H2,1-2H3,(H,23,24). The Morgan fingerprint density at radius 1 is 1.40 bits per heavy atom. The van der Waals surface area contributed by atoms with E-state index in [9.17, 15) is 19.1 Å². The van der Waals surface area contributed by atoms with Crippen molar-refractivity contribution in [2.75, 3.05) is 13.2 Å². The highest BCUT2D eigenvalue weighted by molar-refractivity contribution is 9.10. The van der Waals surface area contributed by atoms with E-state index < -0.39 is 23.6 Å². The molecule has 0 aromatic heterocycles. The van der Waals surface area contributed by atoms with E-state index in [-0.39, 0.29) is 29.4 Å². The van der Waals surface area contributed by atoms with Crippen LogP contribution in [0.1, 0.15) is 25.3 Å². The molecule has 0 radical (unpaired) electrons. The van der Waals surface area contributed by atoms with Crippen molar-refractivity contribution in [1.29, 1.82) is 0 Å². The highest BCUT2D eigenvalue weighted by Gasteiger charge is 2.44. The Hall–Kier alpha value is -1.86. The predicted octanol–water partition coefficient (Wildman–Crippen LogP) is 3.34. The fourth-order valence-electron chi connectivity index (χ4n) is 3.39. The topological polar surface area (TPSA) is 76.0 Å². The zero-order valence-corrected chi connectivity index (χ0v) is 15.3. The minimum Gasteiger partial charge on any atom is -0.481 e. The number of ketones is 1. The summed E-state index contributed by atoms with van der Waals surface area (Å²) in [6, 6.07) is 4.33. The number of Topliss-reactive ketones (excluding diaryl/α,β-unsaturated/α-hetero) is 1. The van der Waals surface area contributed by atoms with Gasteiger partial charge < -0.3 is 9.84 Å². The lowest BCUT2D eigenvalue weighted by molar-refractivity contribution is -0.140. The number of halogens is 2. The summed E-state index contributed by atoms with van der Waals surface area (Å²) in [5.41, 5.74) is 1.90. The van der Waals surface area contributed by atoms with Crippen molar-refractivity contribution in [2.45, 2.75) is 19.8 Å². The first kappa shape index (κ1) is 17.9. The van der Waals surface area contributed by atoms with Crippen LogP contribution < -0.4 is 0 Å². The summed E-state index contributed by atoms with van der Waals surface area (Å²) in [7, 11) is 0. The maximum atomic E-state index is 13.7. The van der Waals surface area contributed by atoms with Gasteiger partial charge in [0, 0.05) is 17.2 Å². The van der Waals surface area contributed by atoms with Gasteiger partial charge in [0.15, 0.2) is 5.78 Å². The number of hydrogen-bond acceptors (Lipinski definition) is 4. The third-order valence-corrected chi connectivity index (χ3v) is 5.08. The van der Waals surface area contributed by atoms with Gasteiger partial charge in [0.2, 0.25) is 0 Å². The van der Waals surface area contributed by atoms with Crippen LogP contribution in [0.2, 0.25) is 0 Å². The average Bonchev–Trinajstić information content (AvgIpc) is 2.55. The van der Waals surface area contributed by atoms with Gasteiger partial charge in [-0.25, -0.2) is 4.39 Å². The van der Waals surface area contributed by atoms with Crippen molar-refractivity contribution in [3.05, 3.63) is 45.3 Å². The molecule has 0 aliphatic carbocycles. The van der Waals surface area contributed by atoms with Gasteiger partial charge in [-0.1, -0.05) is 19.9 Å². The summed E-state index contributed by atoms with van der Waals surface area (Å²) in [5, 5.41) is 9.86. The number of nitrogens with zero attached hydrogens (tertiary/aromatic N) is 1. The molecule has 0 saturated heterocycles. The van der Waals surface area contributed by atoms with E-state index in [1.807, 2.05) is 13.8 Å². The Morgan fingerprint density at radius 3 is 2.72 bits per heavy atom. The molecular formula is C18H17BrFNO4. The van der Waals surface area contributed by atoms with Crippen LogP contribution in [0, 0.1) is 17.7 Å². The third kappa shape index (κ3) is 3.18. The van der Waals surface area contributed by atoms with Gasteiger partial charge in [-0.05, 0) is 39.5 Å². The molecule has 0 fully saturated rings. The molecule has 25 heavy (non-hydrogen) atoms. The third-order valence-electron chi connectivity index (χ3n) is 4.47. The highest BCUT2D eigenvalue weighted by atomic mass is 79.9. The van der Waals surface area contributed by atoms with Crippen molar-refractivity contribution in [3.8, 4) is 0 Å². The lowest BCUT2D eigenvalue weighted by Gasteiger charge is -2.35. The van der Waals surface area contributed by atoms with Crippen molar-refractivity contribution in [2.24, 2.45) is 16.8 Å². The zero-order chi connectivity index (χ0) is 18.3. The van der Waals surface area contributed by atoms with Crippen LogP contribution >= 0.6 is 15.9 Å². The molecule has 1 N–H and O–H groups in total. The van der Waals surface area contributed by atoms with Crippen LogP contribution in [-0.2, 0) is 14.3 Å². The number of carboxylic acid groups (broad SMARTS) is 1. The molecule has 132 valence electrons. The van der Waals surface area contributed by atoms with E-state index in [1.54, 1.807) is 0 Å². The zero-order valence-electron chi connectivity index (χ0n) is 13.8. The maximum absolute atomic E-state index is 13.7. The fourth-order valence-corrected chi connectivity index (χ4v) is 3.78. The van der Waals surface area contributed by atoms with E-state index in [0.717, 1.165) is 0 Å². The molecule has 7 heteroatoms. The van der Waals surface area contributed by atoms with Crippen LogP contribution in [0.3, 0.4) is 0 Å². The van der Waals surface area contributed by atoms with E-state index in [0.29, 0.717) is 22.5 Å². The van der Waals surface area contributed by atoms with Crippen molar-refractivity contribution in [1.82, 2.24) is 0 Å². The van der Waals surface area contributed by atoms with Crippen LogP contribution in [0.4, 0.5) is 4.39 Å². The second-order valence-electron chi connectivity index (χ2n) is 6.43. The minimum atomic E-state index is -1.05. The molecule has 1 aromatic rings. The first-order valence-electron chi connectivity index (χ1n) is 7.91. The highest BCUT2D eigenvalue weighted by Crippen LogP contribution is 2.42. The van der Waals surface area contributed by atoms with E-state index in [2.05, 4.69) is 20.9 Å². The van der Waals surface area contributed by atoms with Crippen LogP contribution in [0.25, 0.3) is 0 Å². The number of aliphatic carboxylic acids is 1. The van der Waals surface area contributed by atoms with E-state index in [4.69, 9.17) is 4.74 Å². The van der Waals surface area contributed by atoms with Gasteiger partial charge in [-0.3, -0.25) is 14.6 Å². The molecule has 2 unspecified atom stereocenters. The number of carbonyl (C=O) groups is 2. The Morgan fingerprint density at radius 2 is 2.12 bits per heavy atom. The predicted molar refractivity (Wildman–Crippen MR) is 93.1 cm³/mol. The fraction of sp³-hybridized carbons (Fsp3) is 0.389. The van der Waals surface area contributed by atoms with Crippen molar-refractivity contribution < 1.29 is 23.8 Å². The summed E-state index contributed by atoms with van der Waals surface area (Å²) in [6.07, 6.45) is 0. The molecular weight excluding hydrogens is 393 g/mol. The second-order valence-corrected chi connectivity index (χ2v) is 7.29. The molecule has 0 spiro atoms. The van der Waals surface area contributed by atoms with Crippen molar-refractivity contribution in [3.63, 3.8) is 0 Å². The molecule has 0 saturated carbocycles. The molecule has 1 aromatic carbocycles. The lowest BCUT2D eigenvalue weighted by Crippen LogP contribution is -2.41. The van der Waals surface area contributed by atoms with Crippen LogP contribution in [0.5, 0.6) is 0 Å². The second kappa shape index (κ2) is 6.80. The number of hydrogen-bond donors (Lipinski definition) is 1. The molecule has 2 atom stereocenters. The SMILES string of the molecule is CC(C)C1=NC2=C(C(=O)COC2)C(c2ccc(F)c(Br)c2)C1C(=O)O. The lowest BCUT2D eigenvalue weighted by atomic mass is 9.71. The summed E-state index contributed by atoms with van der Waals surface area (Å²) in [6.45, 7) is 3.80. The first-order chi connectivity index (χ1) is 11.8. The van der Waals surface area contributed by atoms with Crippen LogP contribution in [-0.4, -0.2) is 35.8 Å². The summed E-state index contributed by atoms with van der Waals surface area (Å²) in [4.78, 5) is 29.0. The minimum absolute atomic E-state index is 0.101. The summed E-state index contributed by atoms with van der Waals surface area (Å²) >= 11 is 3.14. The van der Waals surface area contributed by atoms with Gasteiger partial charge in [0.05, 0.1) is 16.8 Å². The largest absolute Gasteiger partial charge is 0.481 e. The molecule has 2 aliphatic heterocycles. The van der Waals surface area contributed by atoms with Gasteiger partial charge in [-0.2, -0.15) is 0 Å². The monoisotopic (exact) mass is 409 g/mol. The van der Waals surface area contributed by atoms with Gasteiger partial charge >= 0.3 is 5.97 Å².